The van der Waals surface area contributed by atoms with Crippen LogP contribution in [0.1, 0.15) is 66.2 Å². The molecular formula is C13H24O2. The van der Waals surface area contributed by atoms with E-state index in [1.165, 1.54) is 0 Å². The number of Topliss-reactive ketones (excluding diaryl/α,β-unsaturated/α-hetero) is 2. The molecular weight excluding hydrogens is 188 g/mol. The van der Waals surface area contributed by atoms with Gasteiger partial charge in [0.25, 0.3) is 0 Å². The minimum Gasteiger partial charge on any atom is -0.300 e. The Balaban J connectivity index is 4.05. The fraction of sp³-hybridized carbons (Fsp3) is 0.846. The van der Waals surface area contributed by atoms with Crippen LogP contribution in [-0.4, -0.2) is 11.6 Å². The summed E-state index contributed by atoms with van der Waals surface area (Å²) in [5, 5.41) is 0. The second-order valence-corrected chi connectivity index (χ2v) is 5.10. The van der Waals surface area contributed by atoms with Crippen LogP contribution in [0, 0.1) is 5.41 Å². The second-order valence-electron chi connectivity index (χ2n) is 5.10. The van der Waals surface area contributed by atoms with Crippen LogP contribution in [0.3, 0.4) is 0 Å². The Morgan fingerprint density at radius 2 is 1.20 bits per heavy atom. The van der Waals surface area contributed by atoms with E-state index in [2.05, 4.69) is 0 Å². The van der Waals surface area contributed by atoms with Gasteiger partial charge >= 0.3 is 0 Å². The van der Waals surface area contributed by atoms with Gasteiger partial charge in [-0.3, -0.25) is 9.59 Å². The fourth-order valence-corrected chi connectivity index (χ4v) is 1.86. The van der Waals surface area contributed by atoms with Crippen LogP contribution < -0.4 is 0 Å². The molecule has 15 heavy (non-hydrogen) atoms. The van der Waals surface area contributed by atoms with Gasteiger partial charge in [-0.05, 0) is 18.3 Å². The molecule has 0 unspecified atom stereocenters. The van der Waals surface area contributed by atoms with Gasteiger partial charge in [0.05, 0.1) is 0 Å². The van der Waals surface area contributed by atoms with Gasteiger partial charge in [-0.1, -0.05) is 27.7 Å². The van der Waals surface area contributed by atoms with E-state index in [-0.39, 0.29) is 17.0 Å². The van der Waals surface area contributed by atoms with Gasteiger partial charge in [0.2, 0.25) is 0 Å². The molecule has 0 spiro atoms. The summed E-state index contributed by atoms with van der Waals surface area (Å²) >= 11 is 0. The van der Waals surface area contributed by atoms with Crippen molar-refractivity contribution in [3.63, 3.8) is 0 Å². The largest absolute Gasteiger partial charge is 0.300 e. The maximum absolute atomic E-state index is 11.5. The van der Waals surface area contributed by atoms with Crippen molar-refractivity contribution < 1.29 is 9.59 Å². The van der Waals surface area contributed by atoms with E-state index in [0.717, 1.165) is 12.8 Å². The fourth-order valence-electron chi connectivity index (χ4n) is 1.86. The van der Waals surface area contributed by atoms with Crippen molar-refractivity contribution in [2.45, 2.75) is 66.2 Å². The highest BCUT2D eigenvalue weighted by molar-refractivity contribution is 5.82. The average molecular weight is 212 g/mol. The average Bonchev–Trinajstić information content (AvgIpc) is 2.01. The summed E-state index contributed by atoms with van der Waals surface area (Å²) in [5.41, 5.74) is -0.154. The normalized spacial score (nSPS) is 11.5. The van der Waals surface area contributed by atoms with E-state index >= 15 is 0 Å². The van der Waals surface area contributed by atoms with Crippen LogP contribution in [0.2, 0.25) is 0 Å². The minimum atomic E-state index is -0.154. The van der Waals surface area contributed by atoms with Crippen LogP contribution in [0.5, 0.6) is 0 Å². The van der Waals surface area contributed by atoms with Crippen molar-refractivity contribution in [3.8, 4) is 0 Å². The molecule has 2 heteroatoms. The first-order valence-electron chi connectivity index (χ1n) is 5.94. The first-order chi connectivity index (χ1) is 6.91. The predicted molar refractivity (Wildman–Crippen MR) is 62.8 cm³/mol. The summed E-state index contributed by atoms with van der Waals surface area (Å²) in [5.74, 6) is 0.568. The van der Waals surface area contributed by atoms with E-state index in [1.807, 2.05) is 27.7 Å². The van der Waals surface area contributed by atoms with Crippen LogP contribution >= 0.6 is 0 Å². The molecule has 0 saturated carbocycles. The second kappa shape index (κ2) is 6.76. The summed E-state index contributed by atoms with van der Waals surface area (Å²) in [6.45, 7) is 8.03. The number of carbonyl (C=O) groups is 2. The first-order valence-corrected chi connectivity index (χ1v) is 5.94. The summed E-state index contributed by atoms with van der Waals surface area (Å²) < 4.78 is 0. The lowest BCUT2D eigenvalue weighted by atomic mass is 9.81. The zero-order valence-electron chi connectivity index (χ0n) is 10.6. The number of carbonyl (C=O) groups excluding carboxylic acids is 2. The third-order valence-corrected chi connectivity index (χ3v) is 2.41. The quantitative estimate of drug-likeness (QED) is 0.616. The molecule has 0 atom stereocenters. The Kier molecular flexibility index (Phi) is 6.46. The molecule has 0 aliphatic heterocycles. The van der Waals surface area contributed by atoms with Gasteiger partial charge < -0.3 is 0 Å². The molecule has 0 rings (SSSR count). The molecule has 88 valence electrons. The molecule has 0 aliphatic rings. The third-order valence-electron chi connectivity index (χ3n) is 2.41. The molecule has 0 saturated heterocycles. The molecule has 0 amide bonds. The van der Waals surface area contributed by atoms with Crippen molar-refractivity contribution >= 4 is 11.6 Å². The van der Waals surface area contributed by atoms with Crippen molar-refractivity contribution in [3.05, 3.63) is 0 Å². The molecule has 0 radical (unpaired) electrons. The molecule has 2 nitrogen and oxygen atoms in total. The lowest BCUT2D eigenvalue weighted by molar-refractivity contribution is -0.123. The monoisotopic (exact) mass is 212 g/mol. The predicted octanol–water partition coefficient (Wildman–Crippen LogP) is 3.53. The number of hydrogen-bond acceptors (Lipinski definition) is 2. The highest BCUT2D eigenvalue weighted by Crippen LogP contribution is 2.27. The van der Waals surface area contributed by atoms with Crippen molar-refractivity contribution in [1.82, 2.24) is 0 Å². The Hall–Kier alpha value is -0.660. The van der Waals surface area contributed by atoms with E-state index in [0.29, 0.717) is 25.7 Å². The van der Waals surface area contributed by atoms with Crippen molar-refractivity contribution in [1.29, 1.82) is 0 Å². The smallest absolute Gasteiger partial charge is 0.133 e. The molecule has 0 N–H and O–H groups in total. The van der Waals surface area contributed by atoms with E-state index in [9.17, 15) is 9.59 Å². The van der Waals surface area contributed by atoms with Crippen molar-refractivity contribution in [2.75, 3.05) is 0 Å². The SMILES string of the molecule is CCCC(=O)CC(C)(C)CC(=O)CCC. The lowest BCUT2D eigenvalue weighted by Crippen LogP contribution is -2.21. The minimum absolute atomic E-state index is 0.154. The maximum atomic E-state index is 11.5. The Morgan fingerprint density at radius 3 is 1.47 bits per heavy atom. The topological polar surface area (TPSA) is 34.1 Å². The van der Waals surface area contributed by atoms with E-state index in [1.54, 1.807) is 0 Å². The Bertz CT molecular complexity index is 195. The molecule has 0 aromatic heterocycles. The standard InChI is InChI=1S/C13H24O2/c1-5-7-11(14)9-13(3,4)10-12(15)8-6-2/h5-10H2,1-4H3. The lowest BCUT2D eigenvalue weighted by Gasteiger charge is -2.22. The summed E-state index contributed by atoms with van der Waals surface area (Å²) in [7, 11) is 0. The summed E-state index contributed by atoms with van der Waals surface area (Å²) in [4.78, 5) is 23.0. The zero-order valence-corrected chi connectivity index (χ0v) is 10.6. The molecule has 0 heterocycles. The molecule has 0 fully saturated rings. The Morgan fingerprint density at radius 1 is 0.867 bits per heavy atom. The van der Waals surface area contributed by atoms with E-state index in [4.69, 9.17) is 0 Å². The summed E-state index contributed by atoms with van der Waals surface area (Å²) in [6.07, 6.45) is 4.17. The molecule has 0 aromatic carbocycles. The number of rotatable bonds is 8. The van der Waals surface area contributed by atoms with Crippen LogP contribution in [0.25, 0.3) is 0 Å². The van der Waals surface area contributed by atoms with Gasteiger partial charge in [-0.2, -0.15) is 0 Å². The number of ketones is 2. The third kappa shape index (κ3) is 7.29. The van der Waals surface area contributed by atoms with Gasteiger partial charge in [0.15, 0.2) is 0 Å². The van der Waals surface area contributed by atoms with Crippen LogP contribution in [-0.2, 0) is 9.59 Å². The van der Waals surface area contributed by atoms with Crippen molar-refractivity contribution in [2.24, 2.45) is 5.41 Å². The van der Waals surface area contributed by atoms with Gasteiger partial charge in [-0.15, -0.1) is 0 Å². The number of hydrogen-bond donors (Lipinski definition) is 0. The highest BCUT2D eigenvalue weighted by atomic mass is 16.1. The summed E-state index contributed by atoms with van der Waals surface area (Å²) in [6, 6.07) is 0. The van der Waals surface area contributed by atoms with Crippen LogP contribution in [0.4, 0.5) is 0 Å². The van der Waals surface area contributed by atoms with Crippen LogP contribution in [0.15, 0.2) is 0 Å². The highest BCUT2D eigenvalue weighted by Gasteiger charge is 2.24. The molecule has 0 bridgehead atoms. The maximum Gasteiger partial charge on any atom is 0.133 e. The van der Waals surface area contributed by atoms with Gasteiger partial charge in [0, 0.05) is 25.7 Å². The van der Waals surface area contributed by atoms with Gasteiger partial charge in [0.1, 0.15) is 11.6 Å². The van der Waals surface area contributed by atoms with Gasteiger partial charge in [-0.25, -0.2) is 0 Å². The molecule has 0 aromatic rings. The molecule has 0 aliphatic carbocycles. The Labute approximate surface area is 93.4 Å². The van der Waals surface area contributed by atoms with E-state index < -0.39 is 0 Å². The zero-order chi connectivity index (χ0) is 11.9. The first kappa shape index (κ1) is 14.3.